The van der Waals surface area contributed by atoms with Gasteiger partial charge in [0.25, 0.3) is 0 Å². The van der Waals surface area contributed by atoms with Crippen molar-refractivity contribution in [3.05, 3.63) is 59.4 Å². The van der Waals surface area contributed by atoms with Gasteiger partial charge in [-0.05, 0) is 67.7 Å². The normalized spacial score (nSPS) is 16.7. The first-order valence-corrected chi connectivity index (χ1v) is 12.2. The number of nitrogens with zero attached hydrogens (tertiary/aromatic N) is 4. The number of ether oxygens (including phenoxy) is 1. The van der Waals surface area contributed by atoms with Crippen LogP contribution in [0.15, 0.2) is 42.6 Å². The van der Waals surface area contributed by atoms with Gasteiger partial charge in [0.1, 0.15) is 11.4 Å². The maximum Gasteiger partial charge on any atom is 0.573 e. The number of aliphatic carboxylic acids is 1. The second kappa shape index (κ2) is 11.2. The highest BCUT2D eigenvalue weighted by Crippen LogP contribution is 2.31. The third kappa shape index (κ3) is 6.05. The molecule has 1 saturated heterocycles. The molecule has 12 heteroatoms. The van der Waals surface area contributed by atoms with Gasteiger partial charge in [-0.15, -0.1) is 25.6 Å². The summed E-state index contributed by atoms with van der Waals surface area (Å²) in [6, 6.07) is 9.63. The van der Waals surface area contributed by atoms with Crippen molar-refractivity contribution in [3.63, 3.8) is 0 Å². The number of piperidine rings is 1. The van der Waals surface area contributed by atoms with Gasteiger partial charge in [0.15, 0.2) is 0 Å². The first-order valence-electron chi connectivity index (χ1n) is 12.2. The lowest BCUT2D eigenvalue weighted by molar-refractivity contribution is -0.274. The minimum absolute atomic E-state index is 0. The molecule has 0 atom stereocenters. The zero-order valence-electron chi connectivity index (χ0n) is 20.5. The predicted molar refractivity (Wildman–Crippen MR) is 135 cm³/mol. The number of pyridine rings is 1. The summed E-state index contributed by atoms with van der Waals surface area (Å²) < 4.78 is 43.6. The summed E-state index contributed by atoms with van der Waals surface area (Å²) in [6.07, 6.45) is -1.29. The molecule has 2 aliphatic rings. The van der Waals surface area contributed by atoms with Gasteiger partial charge in [-0.3, -0.25) is 14.5 Å². The molecule has 0 saturated carbocycles. The first kappa shape index (κ1) is 27.7. The summed E-state index contributed by atoms with van der Waals surface area (Å²) in [4.78, 5) is 32.8. The second-order valence-electron chi connectivity index (χ2n) is 9.53. The minimum atomic E-state index is -4.75. The van der Waals surface area contributed by atoms with Crippen LogP contribution in [0.3, 0.4) is 0 Å². The highest BCUT2D eigenvalue weighted by Gasteiger charge is 2.32. The van der Waals surface area contributed by atoms with Crippen LogP contribution < -0.4 is 4.74 Å². The van der Waals surface area contributed by atoms with E-state index in [1.807, 2.05) is 26.5 Å². The molecule has 0 spiro atoms. The predicted octanol–water partition coefficient (Wildman–Crippen LogP) is 4.09. The van der Waals surface area contributed by atoms with E-state index in [-0.39, 0.29) is 36.5 Å². The number of fused-ring (bicyclic) bond motifs is 3. The van der Waals surface area contributed by atoms with Gasteiger partial charge in [-0.2, -0.15) is 0 Å². The maximum atomic E-state index is 13.2. The monoisotopic (exact) mass is 552 g/mol. The van der Waals surface area contributed by atoms with Crippen LogP contribution in [0.4, 0.5) is 13.2 Å². The van der Waals surface area contributed by atoms with Gasteiger partial charge in [0.2, 0.25) is 5.91 Å². The number of likely N-dealkylation sites (tertiary alicyclic amines) is 1. The lowest BCUT2D eigenvalue weighted by Crippen LogP contribution is -2.45. The molecule has 38 heavy (non-hydrogen) atoms. The van der Waals surface area contributed by atoms with Crippen LogP contribution in [0.25, 0.3) is 11.0 Å². The van der Waals surface area contributed by atoms with Crippen LogP contribution in [0.5, 0.6) is 5.75 Å². The lowest BCUT2D eigenvalue weighted by Gasteiger charge is -2.33. The number of amides is 1. The standard InChI is InChI=1S/C26H27F3N4O4.ClH/c27-26(28,29)37-19-5-3-17(4-6-19)14-33-22-15-32(13-9-20(22)21-2-1-10-30-24(21)33)23(34)16-31-11-7-18(8-12-31)25(35)36;/h1-6,10,18H,7-9,11-16H2,(H,35,36);1H. The SMILES string of the molecule is Cl.O=C(O)C1CCN(CC(=O)N2CCc3c(n(Cc4ccc(OC(F)(F)F)cc4)c4ncccc34)C2)CC1. The number of hydrogen-bond acceptors (Lipinski definition) is 5. The first-order chi connectivity index (χ1) is 17.7. The fraction of sp³-hybridized carbons (Fsp3) is 0.423. The number of carbonyl (C=O) groups is 2. The Bertz CT molecular complexity index is 1300. The van der Waals surface area contributed by atoms with Gasteiger partial charge in [-0.25, -0.2) is 4.98 Å². The molecule has 1 N–H and O–H groups in total. The molecule has 0 unspecified atom stereocenters. The molecular weight excluding hydrogens is 525 g/mol. The van der Waals surface area contributed by atoms with Crippen LogP contribution in [-0.2, 0) is 29.1 Å². The molecule has 5 rings (SSSR count). The van der Waals surface area contributed by atoms with Gasteiger partial charge in [0, 0.05) is 30.4 Å². The number of aromatic nitrogens is 2. The average Bonchev–Trinajstić information content (AvgIpc) is 3.17. The van der Waals surface area contributed by atoms with E-state index >= 15 is 0 Å². The highest BCUT2D eigenvalue weighted by atomic mass is 35.5. The Morgan fingerprint density at radius 1 is 1.08 bits per heavy atom. The number of carboxylic acids is 1. The number of benzene rings is 1. The van der Waals surface area contributed by atoms with Crippen molar-refractivity contribution in [1.82, 2.24) is 19.4 Å². The minimum Gasteiger partial charge on any atom is -0.481 e. The molecule has 0 bridgehead atoms. The Kier molecular flexibility index (Phi) is 8.17. The summed E-state index contributed by atoms with van der Waals surface area (Å²) in [6.45, 7) is 2.79. The molecule has 204 valence electrons. The Hall–Kier alpha value is -3.31. The van der Waals surface area contributed by atoms with E-state index in [1.165, 1.54) is 12.1 Å². The van der Waals surface area contributed by atoms with E-state index in [0.29, 0.717) is 52.0 Å². The molecule has 3 aromatic rings. The summed E-state index contributed by atoms with van der Waals surface area (Å²) in [5.74, 6) is -1.41. The van der Waals surface area contributed by atoms with Gasteiger partial charge in [0.05, 0.1) is 19.0 Å². The number of carbonyl (C=O) groups excluding carboxylic acids is 1. The number of rotatable bonds is 6. The van der Waals surface area contributed by atoms with E-state index in [9.17, 15) is 27.9 Å². The Morgan fingerprint density at radius 3 is 2.45 bits per heavy atom. The largest absolute Gasteiger partial charge is 0.573 e. The summed E-state index contributed by atoms with van der Waals surface area (Å²) in [5, 5.41) is 10.2. The summed E-state index contributed by atoms with van der Waals surface area (Å²) >= 11 is 0. The van der Waals surface area contributed by atoms with Crippen LogP contribution in [0.2, 0.25) is 0 Å². The fourth-order valence-corrected chi connectivity index (χ4v) is 5.25. The Labute approximate surface area is 223 Å². The van der Waals surface area contributed by atoms with E-state index in [4.69, 9.17) is 0 Å². The molecule has 2 aromatic heterocycles. The van der Waals surface area contributed by atoms with Gasteiger partial charge in [-0.1, -0.05) is 12.1 Å². The third-order valence-electron chi connectivity index (χ3n) is 7.16. The van der Waals surface area contributed by atoms with Crippen LogP contribution >= 0.6 is 12.4 Å². The molecule has 4 heterocycles. The summed E-state index contributed by atoms with van der Waals surface area (Å²) in [7, 11) is 0. The Morgan fingerprint density at radius 2 is 1.79 bits per heavy atom. The van der Waals surface area contributed by atoms with E-state index in [0.717, 1.165) is 27.9 Å². The molecule has 1 aromatic carbocycles. The Balaban J connectivity index is 0.00000336. The lowest BCUT2D eigenvalue weighted by atomic mass is 9.97. The smallest absolute Gasteiger partial charge is 0.481 e. The molecular formula is C26H28ClF3N4O4. The summed E-state index contributed by atoms with van der Waals surface area (Å²) in [5.41, 5.74) is 3.65. The van der Waals surface area contributed by atoms with Crippen molar-refractivity contribution in [2.45, 2.75) is 38.7 Å². The fourth-order valence-electron chi connectivity index (χ4n) is 5.25. The second-order valence-corrected chi connectivity index (χ2v) is 9.53. The topological polar surface area (TPSA) is 87.9 Å². The van der Waals surface area contributed by atoms with Gasteiger partial charge < -0.3 is 19.3 Å². The van der Waals surface area contributed by atoms with E-state index < -0.39 is 12.3 Å². The maximum absolute atomic E-state index is 13.2. The molecule has 2 aliphatic heterocycles. The van der Waals surface area contributed by atoms with Crippen molar-refractivity contribution >= 4 is 35.3 Å². The quantitative estimate of drug-likeness (QED) is 0.496. The average molecular weight is 553 g/mol. The molecule has 8 nitrogen and oxygen atoms in total. The zero-order chi connectivity index (χ0) is 26.2. The molecule has 0 aliphatic carbocycles. The molecule has 1 amide bonds. The van der Waals surface area contributed by atoms with Crippen molar-refractivity contribution in [3.8, 4) is 5.75 Å². The van der Waals surface area contributed by atoms with Crippen LogP contribution in [0, 0.1) is 5.92 Å². The van der Waals surface area contributed by atoms with Crippen molar-refractivity contribution in [2.24, 2.45) is 5.92 Å². The number of halogens is 4. The molecule has 1 fully saturated rings. The van der Waals surface area contributed by atoms with Gasteiger partial charge >= 0.3 is 12.3 Å². The third-order valence-corrected chi connectivity index (χ3v) is 7.16. The highest BCUT2D eigenvalue weighted by molar-refractivity contribution is 5.85. The van der Waals surface area contributed by atoms with Crippen molar-refractivity contribution in [1.29, 1.82) is 0 Å². The van der Waals surface area contributed by atoms with Crippen molar-refractivity contribution in [2.75, 3.05) is 26.2 Å². The zero-order valence-corrected chi connectivity index (χ0v) is 21.3. The number of carboxylic acid groups (broad SMARTS) is 1. The van der Waals surface area contributed by atoms with Crippen LogP contribution in [-0.4, -0.2) is 68.9 Å². The number of hydrogen-bond donors (Lipinski definition) is 1. The van der Waals surface area contributed by atoms with E-state index in [2.05, 4.69) is 9.72 Å². The van der Waals surface area contributed by atoms with Crippen LogP contribution in [0.1, 0.15) is 29.7 Å². The van der Waals surface area contributed by atoms with E-state index in [1.54, 1.807) is 18.3 Å². The molecule has 0 radical (unpaired) electrons. The number of alkyl halides is 3. The van der Waals surface area contributed by atoms with Crippen molar-refractivity contribution < 1.29 is 32.6 Å².